The molecular weight excluding hydrogens is 484 g/mol. The van der Waals surface area contributed by atoms with Crippen molar-refractivity contribution in [1.82, 2.24) is 19.9 Å². The van der Waals surface area contributed by atoms with Crippen molar-refractivity contribution in [2.75, 3.05) is 20.2 Å². The summed E-state index contributed by atoms with van der Waals surface area (Å²) in [5.74, 6) is 1.32. The van der Waals surface area contributed by atoms with Crippen molar-refractivity contribution in [2.24, 2.45) is 0 Å². The molecule has 1 aliphatic rings. The van der Waals surface area contributed by atoms with Crippen molar-refractivity contribution in [3.8, 4) is 16.4 Å². The molecule has 7 nitrogen and oxygen atoms in total. The maximum atomic E-state index is 13.5. The Balaban J connectivity index is 1.42. The lowest BCUT2D eigenvalue weighted by Gasteiger charge is -2.34. The summed E-state index contributed by atoms with van der Waals surface area (Å²) < 4.78 is 13.7. The van der Waals surface area contributed by atoms with Gasteiger partial charge in [0.2, 0.25) is 0 Å². The van der Waals surface area contributed by atoms with Gasteiger partial charge in [-0.3, -0.25) is 4.79 Å². The van der Waals surface area contributed by atoms with E-state index in [1.807, 2.05) is 47.0 Å². The molecule has 1 amide bonds. The number of ether oxygens (including phenoxy) is 1. The first kappa shape index (κ1) is 23.9. The number of nitrogens with one attached hydrogen (secondary N) is 1. The molecule has 1 aliphatic heterocycles. The molecule has 35 heavy (non-hydrogen) atoms. The number of likely N-dealkylation sites (tertiary alicyclic amines) is 1. The molecule has 1 fully saturated rings. The second-order valence-corrected chi connectivity index (χ2v) is 10.9. The quantitative estimate of drug-likeness (QED) is 0.345. The number of aromatic nitrogens is 2. The summed E-state index contributed by atoms with van der Waals surface area (Å²) in [6.45, 7) is 6.82. The molecule has 0 radical (unpaired) electrons. The summed E-state index contributed by atoms with van der Waals surface area (Å²) in [6.07, 6.45) is 1.90. The summed E-state index contributed by atoms with van der Waals surface area (Å²) in [6, 6.07) is 14.1. The molecule has 184 valence electrons. The average molecular weight is 513 g/mol. The van der Waals surface area contributed by atoms with Gasteiger partial charge in [-0.1, -0.05) is 16.8 Å². The van der Waals surface area contributed by atoms with E-state index in [0.717, 1.165) is 53.2 Å². The highest BCUT2D eigenvalue weighted by Crippen LogP contribution is 2.32. The lowest BCUT2D eigenvalue weighted by molar-refractivity contribution is 0.0892. The van der Waals surface area contributed by atoms with Crippen LogP contribution in [0.5, 0.6) is 5.75 Å². The first-order chi connectivity index (χ1) is 16.9. The Bertz CT molecular complexity index is 1330. The van der Waals surface area contributed by atoms with Gasteiger partial charge >= 0.3 is 0 Å². The lowest BCUT2D eigenvalue weighted by atomic mass is 10.0. The zero-order valence-electron chi connectivity index (χ0n) is 20.1. The zero-order valence-corrected chi connectivity index (χ0v) is 21.7. The molecule has 1 aromatic carbocycles. The van der Waals surface area contributed by atoms with E-state index in [1.54, 1.807) is 7.11 Å². The van der Waals surface area contributed by atoms with Crippen LogP contribution in [0.3, 0.4) is 0 Å². The van der Waals surface area contributed by atoms with E-state index in [-0.39, 0.29) is 11.9 Å². The highest BCUT2D eigenvalue weighted by molar-refractivity contribution is 7.19. The van der Waals surface area contributed by atoms with Gasteiger partial charge in [0, 0.05) is 42.7 Å². The molecule has 5 rings (SSSR count). The number of hydrogen-bond donors (Lipinski definition) is 1. The minimum atomic E-state index is -0.0723. The maximum Gasteiger partial charge on any atom is 0.268 e. The van der Waals surface area contributed by atoms with Crippen molar-refractivity contribution in [3.05, 3.63) is 58.2 Å². The van der Waals surface area contributed by atoms with E-state index in [9.17, 15) is 4.79 Å². The number of halogens is 1. The fourth-order valence-corrected chi connectivity index (χ4v) is 5.64. The Morgan fingerprint density at radius 3 is 2.71 bits per heavy atom. The second-order valence-electron chi connectivity index (χ2n) is 9.20. The molecule has 4 heterocycles. The number of carbonyl (C=O) groups is 1. The van der Waals surface area contributed by atoms with E-state index in [2.05, 4.69) is 29.2 Å². The number of rotatable bonds is 7. The Labute approximate surface area is 213 Å². The SMILES string of the molecule is COc1ccc2cc(C(=O)NC3CCN(C(C)C)CC3)n(Cc3cc(-c4ccc(Cl)s4)on3)c2c1. The van der Waals surface area contributed by atoms with Crippen LogP contribution in [0.1, 0.15) is 42.9 Å². The number of benzene rings is 1. The predicted octanol–water partition coefficient (Wildman–Crippen LogP) is 5.67. The number of amides is 1. The van der Waals surface area contributed by atoms with Crippen LogP contribution < -0.4 is 10.1 Å². The van der Waals surface area contributed by atoms with Crippen LogP contribution in [0.4, 0.5) is 0 Å². The van der Waals surface area contributed by atoms with Crippen molar-refractivity contribution >= 4 is 39.7 Å². The summed E-state index contributed by atoms with van der Waals surface area (Å²) in [4.78, 5) is 16.8. The largest absolute Gasteiger partial charge is 0.497 e. The van der Waals surface area contributed by atoms with Gasteiger partial charge in [0.25, 0.3) is 5.91 Å². The van der Waals surface area contributed by atoms with Gasteiger partial charge in [-0.05, 0) is 57.0 Å². The van der Waals surface area contributed by atoms with Gasteiger partial charge in [0.05, 0.1) is 28.4 Å². The molecule has 0 spiro atoms. The number of hydrogen-bond acceptors (Lipinski definition) is 6. The molecule has 1 saturated heterocycles. The Kier molecular flexibility index (Phi) is 6.86. The van der Waals surface area contributed by atoms with Crippen LogP contribution in [0.25, 0.3) is 21.5 Å². The average Bonchev–Trinajstić information content (AvgIpc) is 3.58. The zero-order chi connectivity index (χ0) is 24.5. The van der Waals surface area contributed by atoms with E-state index in [4.69, 9.17) is 20.9 Å². The number of fused-ring (bicyclic) bond motifs is 1. The fraction of sp³-hybridized carbons (Fsp3) is 0.385. The highest BCUT2D eigenvalue weighted by Gasteiger charge is 2.25. The van der Waals surface area contributed by atoms with Crippen LogP contribution >= 0.6 is 22.9 Å². The van der Waals surface area contributed by atoms with Gasteiger partial charge in [0.1, 0.15) is 17.1 Å². The molecule has 0 atom stereocenters. The number of thiophene rings is 1. The minimum Gasteiger partial charge on any atom is -0.497 e. The van der Waals surface area contributed by atoms with Gasteiger partial charge < -0.3 is 24.0 Å². The fourth-order valence-electron chi connectivity index (χ4n) is 4.65. The lowest BCUT2D eigenvalue weighted by Crippen LogP contribution is -2.46. The molecule has 0 saturated carbocycles. The number of methoxy groups -OCH3 is 1. The Morgan fingerprint density at radius 2 is 2.03 bits per heavy atom. The normalized spacial score (nSPS) is 15.2. The Morgan fingerprint density at radius 1 is 1.23 bits per heavy atom. The second kappa shape index (κ2) is 10.0. The first-order valence-corrected chi connectivity index (χ1v) is 13.0. The number of nitrogens with zero attached hydrogens (tertiary/aromatic N) is 3. The summed E-state index contributed by atoms with van der Waals surface area (Å²) in [7, 11) is 1.64. The van der Waals surface area contributed by atoms with E-state index >= 15 is 0 Å². The molecule has 1 N–H and O–H groups in total. The predicted molar refractivity (Wildman–Crippen MR) is 140 cm³/mol. The molecule has 0 unspecified atom stereocenters. The monoisotopic (exact) mass is 512 g/mol. The van der Waals surface area contributed by atoms with Crippen molar-refractivity contribution in [2.45, 2.75) is 45.3 Å². The van der Waals surface area contributed by atoms with Gasteiger partial charge in [-0.2, -0.15) is 0 Å². The topological polar surface area (TPSA) is 72.5 Å². The van der Waals surface area contributed by atoms with Crippen molar-refractivity contribution in [3.63, 3.8) is 0 Å². The smallest absolute Gasteiger partial charge is 0.268 e. The van der Waals surface area contributed by atoms with Crippen molar-refractivity contribution in [1.29, 1.82) is 0 Å². The summed E-state index contributed by atoms with van der Waals surface area (Å²) in [5, 5.41) is 8.51. The molecule has 9 heteroatoms. The standard InChI is InChI=1S/C26H29ClN4O3S/c1-16(2)30-10-8-18(9-11-30)28-26(32)22-12-17-4-5-20(33-3)14-21(17)31(22)15-19-13-23(34-29-19)24-6-7-25(27)35-24/h4-7,12-14,16,18H,8-11,15H2,1-3H3,(H,28,32). The first-order valence-electron chi connectivity index (χ1n) is 11.8. The molecule has 4 aromatic rings. The van der Waals surface area contributed by atoms with E-state index in [1.165, 1.54) is 11.3 Å². The highest BCUT2D eigenvalue weighted by atomic mass is 35.5. The number of piperidine rings is 1. The van der Waals surface area contributed by atoms with Crippen molar-refractivity contribution < 1.29 is 14.1 Å². The molecular formula is C26H29ClN4O3S. The molecule has 0 bridgehead atoms. The summed E-state index contributed by atoms with van der Waals surface area (Å²) in [5.41, 5.74) is 2.24. The molecule has 3 aromatic heterocycles. The van der Waals surface area contributed by atoms with E-state index < -0.39 is 0 Å². The molecule has 0 aliphatic carbocycles. The Hall–Kier alpha value is -2.81. The van der Waals surface area contributed by atoms with Gasteiger partial charge in [0.15, 0.2) is 5.76 Å². The van der Waals surface area contributed by atoms with Crippen LogP contribution in [0.15, 0.2) is 47.0 Å². The summed E-state index contributed by atoms with van der Waals surface area (Å²) >= 11 is 7.52. The third-order valence-corrected chi connectivity index (χ3v) is 7.88. The van der Waals surface area contributed by atoms with Gasteiger partial charge in [-0.25, -0.2) is 0 Å². The van der Waals surface area contributed by atoms with Gasteiger partial charge in [-0.15, -0.1) is 11.3 Å². The third kappa shape index (κ3) is 5.10. The third-order valence-electron chi connectivity index (χ3n) is 6.63. The van der Waals surface area contributed by atoms with Crippen LogP contribution in [-0.2, 0) is 6.54 Å². The van der Waals surface area contributed by atoms with Crippen LogP contribution in [-0.4, -0.2) is 52.8 Å². The number of carbonyl (C=O) groups excluding carboxylic acids is 1. The van der Waals surface area contributed by atoms with Crippen LogP contribution in [0, 0.1) is 0 Å². The maximum absolute atomic E-state index is 13.5. The van der Waals surface area contributed by atoms with Crippen LogP contribution in [0.2, 0.25) is 4.34 Å². The van der Waals surface area contributed by atoms with E-state index in [0.29, 0.717) is 28.4 Å². The minimum absolute atomic E-state index is 0.0723.